The van der Waals surface area contributed by atoms with E-state index < -0.39 is 24.2 Å². The number of halogens is 2. The fourth-order valence-corrected chi connectivity index (χ4v) is 2.09. The molecule has 2 aromatic rings. The predicted octanol–water partition coefficient (Wildman–Crippen LogP) is 3.08. The van der Waals surface area contributed by atoms with Crippen LogP contribution in [0.2, 0.25) is 5.02 Å². The second-order valence-electron chi connectivity index (χ2n) is 4.51. The zero-order valence-electron chi connectivity index (χ0n) is 12.3. The van der Waals surface area contributed by atoms with Crippen LogP contribution in [0.1, 0.15) is 17.4 Å². The van der Waals surface area contributed by atoms with Crippen molar-refractivity contribution in [3.63, 3.8) is 0 Å². The molecule has 1 heterocycles. The molecule has 120 valence electrons. The van der Waals surface area contributed by atoms with Gasteiger partial charge in [-0.25, -0.2) is 4.39 Å². The zero-order chi connectivity index (χ0) is 16.8. The molecule has 0 spiro atoms. The van der Waals surface area contributed by atoms with Gasteiger partial charge in [-0.05, 0) is 31.2 Å². The third kappa shape index (κ3) is 4.26. The maximum absolute atomic E-state index is 14.0. The van der Waals surface area contributed by atoms with Crippen LogP contribution in [0.4, 0.5) is 10.1 Å². The Bertz CT molecular complexity index is 724. The number of anilines is 1. The maximum atomic E-state index is 14.0. The van der Waals surface area contributed by atoms with Crippen LogP contribution in [0.15, 0.2) is 42.6 Å². The standard InChI is InChI=1S/C16H14ClFN2O3/c1-2-23-15(21)10-20(14-6-4-3-5-12(14)18)16(22)13-9-11(17)7-8-19-13/h3-9H,2,10H2,1H3. The zero-order valence-corrected chi connectivity index (χ0v) is 13.1. The Morgan fingerprint density at radius 3 is 2.70 bits per heavy atom. The first-order valence-electron chi connectivity index (χ1n) is 6.86. The molecule has 1 aromatic heterocycles. The van der Waals surface area contributed by atoms with Gasteiger partial charge >= 0.3 is 5.97 Å². The van der Waals surface area contributed by atoms with E-state index in [0.29, 0.717) is 5.02 Å². The van der Waals surface area contributed by atoms with Crippen LogP contribution in [0, 0.1) is 5.82 Å². The molecule has 0 unspecified atom stereocenters. The summed E-state index contributed by atoms with van der Waals surface area (Å²) in [5, 5.41) is 0.313. The van der Waals surface area contributed by atoms with E-state index in [2.05, 4.69) is 4.98 Å². The molecule has 0 atom stereocenters. The van der Waals surface area contributed by atoms with Gasteiger partial charge < -0.3 is 4.74 Å². The SMILES string of the molecule is CCOC(=O)CN(C(=O)c1cc(Cl)ccn1)c1ccccc1F. The normalized spacial score (nSPS) is 10.2. The number of aromatic nitrogens is 1. The highest BCUT2D eigenvalue weighted by atomic mass is 35.5. The minimum Gasteiger partial charge on any atom is -0.465 e. The van der Waals surface area contributed by atoms with Gasteiger partial charge in [0.15, 0.2) is 0 Å². The van der Waals surface area contributed by atoms with Crippen molar-refractivity contribution in [2.75, 3.05) is 18.1 Å². The first kappa shape index (κ1) is 16.9. The summed E-state index contributed by atoms with van der Waals surface area (Å²) in [7, 11) is 0. The lowest BCUT2D eigenvalue weighted by Gasteiger charge is -2.22. The molecule has 5 nitrogen and oxygen atoms in total. The first-order valence-corrected chi connectivity index (χ1v) is 7.24. The first-order chi connectivity index (χ1) is 11.0. The Kier molecular flexibility index (Phi) is 5.65. The minimum atomic E-state index is -0.648. The van der Waals surface area contributed by atoms with E-state index in [-0.39, 0.29) is 18.0 Å². The van der Waals surface area contributed by atoms with Crippen LogP contribution < -0.4 is 4.90 Å². The summed E-state index contributed by atoms with van der Waals surface area (Å²) in [4.78, 5) is 29.3. The van der Waals surface area contributed by atoms with Crippen molar-refractivity contribution in [3.8, 4) is 0 Å². The second kappa shape index (κ2) is 7.69. The number of amides is 1. The van der Waals surface area contributed by atoms with E-state index in [4.69, 9.17) is 16.3 Å². The Hall–Kier alpha value is -2.47. The molecule has 0 aliphatic rings. The summed E-state index contributed by atoms with van der Waals surface area (Å²) in [6.07, 6.45) is 1.36. The lowest BCUT2D eigenvalue weighted by Crippen LogP contribution is -2.37. The smallest absolute Gasteiger partial charge is 0.326 e. The summed E-state index contributed by atoms with van der Waals surface area (Å²) in [6.45, 7) is 1.38. The van der Waals surface area contributed by atoms with Crippen LogP contribution >= 0.6 is 11.6 Å². The molecule has 2 rings (SSSR count). The lowest BCUT2D eigenvalue weighted by molar-refractivity contribution is -0.141. The van der Waals surface area contributed by atoms with E-state index in [1.807, 2.05) is 0 Å². The van der Waals surface area contributed by atoms with Crippen LogP contribution in [-0.4, -0.2) is 30.0 Å². The topological polar surface area (TPSA) is 59.5 Å². The van der Waals surface area contributed by atoms with Gasteiger partial charge in [-0.2, -0.15) is 0 Å². The monoisotopic (exact) mass is 336 g/mol. The summed E-state index contributed by atoms with van der Waals surface area (Å²) < 4.78 is 18.9. The van der Waals surface area contributed by atoms with Crippen molar-refractivity contribution >= 4 is 29.2 Å². The fraction of sp³-hybridized carbons (Fsp3) is 0.188. The van der Waals surface area contributed by atoms with Gasteiger partial charge in [0.1, 0.15) is 18.1 Å². The second-order valence-corrected chi connectivity index (χ2v) is 4.94. The van der Waals surface area contributed by atoms with E-state index in [1.165, 1.54) is 36.5 Å². The molecule has 0 N–H and O–H groups in total. The molecule has 1 amide bonds. The molecular weight excluding hydrogens is 323 g/mol. The largest absolute Gasteiger partial charge is 0.465 e. The Balaban J connectivity index is 2.39. The summed E-state index contributed by atoms with van der Waals surface area (Å²) in [5.41, 5.74) is -0.0302. The molecule has 0 saturated heterocycles. The van der Waals surface area contributed by atoms with E-state index in [1.54, 1.807) is 13.0 Å². The summed E-state index contributed by atoms with van der Waals surface area (Å²) in [5.74, 6) is -1.93. The maximum Gasteiger partial charge on any atom is 0.326 e. The molecule has 7 heteroatoms. The Morgan fingerprint density at radius 2 is 2.04 bits per heavy atom. The highest BCUT2D eigenvalue weighted by Crippen LogP contribution is 2.21. The van der Waals surface area contributed by atoms with Gasteiger partial charge in [0.2, 0.25) is 0 Å². The fourth-order valence-electron chi connectivity index (χ4n) is 1.93. The molecule has 0 aliphatic heterocycles. The van der Waals surface area contributed by atoms with Crippen molar-refractivity contribution in [2.24, 2.45) is 0 Å². The molecule has 23 heavy (non-hydrogen) atoms. The van der Waals surface area contributed by atoms with Gasteiger partial charge in [0.05, 0.1) is 12.3 Å². The minimum absolute atomic E-state index is 0.00468. The molecule has 0 saturated carbocycles. The molecule has 0 bridgehead atoms. The third-order valence-electron chi connectivity index (χ3n) is 2.92. The Morgan fingerprint density at radius 1 is 1.30 bits per heavy atom. The highest BCUT2D eigenvalue weighted by Gasteiger charge is 2.24. The number of nitrogens with zero attached hydrogens (tertiary/aromatic N) is 2. The summed E-state index contributed by atoms with van der Waals surface area (Å²) in [6, 6.07) is 8.52. The van der Waals surface area contributed by atoms with Gasteiger partial charge in [-0.1, -0.05) is 23.7 Å². The van der Waals surface area contributed by atoms with Crippen LogP contribution in [-0.2, 0) is 9.53 Å². The van der Waals surface area contributed by atoms with E-state index >= 15 is 0 Å². The molecular formula is C16H14ClFN2O3. The van der Waals surface area contributed by atoms with Crippen molar-refractivity contribution in [2.45, 2.75) is 6.92 Å². The molecule has 0 aliphatic carbocycles. The average Bonchev–Trinajstić information content (AvgIpc) is 2.53. The Labute approximate surface area is 137 Å². The molecule has 1 aromatic carbocycles. The number of hydrogen-bond donors (Lipinski definition) is 0. The number of benzene rings is 1. The highest BCUT2D eigenvalue weighted by molar-refractivity contribution is 6.31. The molecule has 0 radical (unpaired) electrons. The van der Waals surface area contributed by atoms with Gasteiger partial charge in [-0.15, -0.1) is 0 Å². The van der Waals surface area contributed by atoms with Gasteiger partial charge in [0.25, 0.3) is 5.91 Å². The van der Waals surface area contributed by atoms with Crippen molar-refractivity contribution < 1.29 is 18.7 Å². The molecule has 0 fully saturated rings. The number of carbonyl (C=O) groups is 2. The number of carbonyl (C=O) groups excluding carboxylic acids is 2. The van der Waals surface area contributed by atoms with Crippen molar-refractivity contribution in [1.29, 1.82) is 0 Å². The number of rotatable bonds is 5. The van der Waals surface area contributed by atoms with Gasteiger partial charge in [-0.3, -0.25) is 19.5 Å². The number of para-hydroxylation sites is 1. The van der Waals surface area contributed by atoms with Gasteiger partial charge in [0, 0.05) is 11.2 Å². The van der Waals surface area contributed by atoms with E-state index in [9.17, 15) is 14.0 Å². The van der Waals surface area contributed by atoms with Crippen LogP contribution in [0.5, 0.6) is 0 Å². The predicted molar refractivity (Wildman–Crippen MR) is 84.0 cm³/mol. The number of esters is 1. The quantitative estimate of drug-likeness (QED) is 0.787. The average molecular weight is 337 g/mol. The van der Waals surface area contributed by atoms with Crippen molar-refractivity contribution in [1.82, 2.24) is 4.98 Å². The number of ether oxygens (including phenoxy) is 1. The van der Waals surface area contributed by atoms with E-state index in [0.717, 1.165) is 4.90 Å². The lowest BCUT2D eigenvalue weighted by atomic mass is 10.2. The van der Waals surface area contributed by atoms with Crippen LogP contribution in [0.3, 0.4) is 0 Å². The van der Waals surface area contributed by atoms with Crippen LogP contribution in [0.25, 0.3) is 0 Å². The third-order valence-corrected chi connectivity index (χ3v) is 3.16. The number of hydrogen-bond acceptors (Lipinski definition) is 4. The number of pyridine rings is 1. The van der Waals surface area contributed by atoms with Crippen molar-refractivity contribution in [3.05, 3.63) is 59.1 Å². The summed E-state index contributed by atoms with van der Waals surface area (Å²) >= 11 is 5.85.